The van der Waals surface area contributed by atoms with Crippen molar-refractivity contribution in [1.82, 2.24) is 20.4 Å². The Bertz CT molecular complexity index is 619. The maximum atomic E-state index is 5.73. The smallest absolute Gasteiger partial charge is 0.283 e. The summed E-state index contributed by atoms with van der Waals surface area (Å²) in [6, 6.07) is 3.64. The molecule has 6 heteroatoms. The monoisotopic (exact) mass is 288 g/mol. The Hall–Kier alpha value is -1.66. The third-order valence-corrected chi connectivity index (χ3v) is 5.04. The third-order valence-electron chi connectivity index (χ3n) is 5.04. The summed E-state index contributed by atoms with van der Waals surface area (Å²) < 4.78 is 11.0. The van der Waals surface area contributed by atoms with Gasteiger partial charge < -0.3 is 14.2 Å². The van der Waals surface area contributed by atoms with Gasteiger partial charge in [0.25, 0.3) is 5.89 Å². The summed E-state index contributed by atoms with van der Waals surface area (Å²) in [5.41, 5.74) is 0.160. The van der Waals surface area contributed by atoms with Gasteiger partial charge in [-0.15, -0.1) is 10.2 Å². The summed E-state index contributed by atoms with van der Waals surface area (Å²) >= 11 is 0. The predicted molar refractivity (Wildman–Crippen MR) is 76.3 cm³/mol. The van der Waals surface area contributed by atoms with Crippen molar-refractivity contribution in [3.8, 4) is 11.7 Å². The van der Waals surface area contributed by atoms with Gasteiger partial charge in [-0.05, 0) is 44.4 Å². The number of hydrogen-bond acceptors (Lipinski definition) is 6. The van der Waals surface area contributed by atoms with Gasteiger partial charge in [-0.3, -0.25) is 4.90 Å². The molecule has 2 aliphatic rings. The minimum Gasteiger partial charge on any atom is -0.459 e. The number of hydrogen-bond donors (Lipinski definition) is 1. The number of rotatable bonds is 3. The molecule has 1 N–H and O–H groups in total. The summed E-state index contributed by atoms with van der Waals surface area (Å²) in [6.07, 6.45) is 1.61. The fourth-order valence-corrected chi connectivity index (χ4v) is 3.75. The molecule has 0 bridgehead atoms. The van der Waals surface area contributed by atoms with E-state index in [1.807, 2.05) is 12.1 Å². The van der Waals surface area contributed by atoms with Crippen LogP contribution in [0.5, 0.6) is 0 Å². The minimum atomic E-state index is 0.160. The molecule has 0 aromatic carbocycles. The Morgan fingerprint density at radius 1 is 1.38 bits per heavy atom. The standard InChI is InChI=1S/C15H20N4O2/c1-15(2)11-7-16-6-10(11)8-19(15)9-13-17-18-14(21-13)12-4-3-5-20-12/h3-5,10-11,16H,6-9H2,1-2H3. The van der Waals surface area contributed by atoms with E-state index in [1.54, 1.807) is 6.26 Å². The van der Waals surface area contributed by atoms with Gasteiger partial charge in [-0.1, -0.05) is 0 Å². The van der Waals surface area contributed by atoms with E-state index in [9.17, 15) is 0 Å². The zero-order chi connectivity index (χ0) is 14.4. The first-order valence-corrected chi connectivity index (χ1v) is 7.46. The van der Waals surface area contributed by atoms with Gasteiger partial charge in [-0.25, -0.2) is 0 Å². The predicted octanol–water partition coefficient (Wildman–Crippen LogP) is 1.76. The Balaban J connectivity index is 1.52. The molecule has 0 amide bonds. The molecular formula is C15H20N4O2. The second kappa shape index (κ2) is 4.68. The molecule has 0 saturated carbocycles. The average molecular weight is 288 g/mol. The van der Waals surface area contributed by atoms with Gasteiger partial charge in [0.05, 0.1) is 12.8 Å². The maximum Gasteiger partial charge on any atom is 0.283 e. The largest absolute Gasteiger partial charge is 0.459 e. The van der Waals surface area contributed by atoms with E-state index < -0.39 is 0 Å². The Morgan fingerprint density at radius 3 is 3.05 bits per heavy atom. The molecule has 2 aromatic rings. The number of likely N-dealkylation sites (tertiary alicyclic amines) is 1. The molecule has 0 spiro atoms. The highest BCUT2D eigenvalue weighted by Gasteiger charge is 2.49. The Kier molecular flexibility index (Phi) is 2.90. The number of furan rings is 1. The maximum absolute atomic E-state index is 5.73. The summed E-state index contributed by atoms with van der Waals surface area (Å²) in [5.74, 6) is 3.16. The quantitative estimate of drug-likeness (QED) is 0.928. The first kappa shape index (κ1) is 13.0. The molecule has 2 atom stereocenters. The Morgan fingerprint density at radius 2 is 2.29 bits per heavy atom. The van der Waals surface area contributed by atoms with Crippen LogP contribution in [0, 0.1) is 11.8 Å². The van der Waals surface area contributed by atoms with E-state index >= 15 is 0 Å². The molecule has 0 aliphatic carbocycles. The minimum absolute atomic E-state index is 0.160. The van der Waals surface area contributed by atoms with Crippen LogP contribution in [0.15, 0.2) is 27.2 Å². The molecule has 2 fully saturated rings. The second-order valence-electron chi connectivity index (χ2n) is 6.54. The zero-order valence-corrected chi connectivity index (χ0v) is 12.4. The third kappa shape index (κ3) is 2.10. The van der Waals surface area contributed by atoms with Crippen LogP contribution < -0.4 is 5.32 Å². The van der Waals surface area contributed by atoms with Gasteiger partial charge in [-0.2, -0.15) is 0 Å². The van der Waals surface area contributed by atoms with Crippen molar-refractivity contribution >= 4 is 0 Å². The molecule has 112 valence electrons. The molecule has 2 unspecified atom stereocenters. The number of nitrogens with one attached hydrogen (secondary N) is 1. The van der Waals surface area contributed by atoms with Crippen molar-refractivity contribution < 1.29 is 8.83 Å². The zero-order valence-electron chi connectivity index (χ0n) is 12.4. The Labute approximate surface area is 123 Å². The number of fused-ring (bicyclic) bond motifs is 1. The highest BCUT2D eigenvalue weighted by molar-refractivity contribution is 5.42. The average Bonchev–Trinajstić information content (AvgIpc) is 3.20. The van der Waals surface area contributed by atoms with Gasteiger partial charge in [0.1, 0.15) is 0 Å². The summed E-state index contributed by atoms with van der Waals surface area (Å²) in [6.45, 7) is 8.64. The lowest BCUT2D eigenvalue weighted by molar-refractivity contribution is 0.120. The molecule has 2 aliphatic heterocycles. The van der Waals surface area contributed by atoms with Crippen LogP contribution in [0.1, 0.15) is 19.7 Å². The van der Waals surface area contributed by atoms with Gasteiger partial charge in [0.15, 0.2) is 5.76 Å². The van der Waals surface area contributed by atoms with Crippen LogP contribution >= 0.6 is 0 Å². The molecule has 6 nitrogen and oxygen atoms in total. The molecular weight excluding hydrogens is 268 g/mol. The van der Waals surface area contributed by atoms with Gasteiger partial charge in [0, 0.05) is 18.6 Å². The fraction of sp³-hybridized carbons (Fsp3) is 0.600. The normalized spacial score (nSPS) is 28.1. The molecule has 4 heterocycles. The van der Waals surface area contributed by atoms with Crippen LogP contribution in [0.4, 0.5) is 0 Å². The van der Waals surface area contributed by atoms with Crippen LogP contribution in [0.3, 0.4) is 0 Å². The van der Waals surface area contributed by atoms with Crippen molar-refractivity contribution in [2.45, 2.75) is 25.9 Å². The SMILES string of the molecule is CC1(C)C2CNCC2CN1Cc1nnc(-c2ccco2)o1. The van der Waals surface area contributed by atoms with E-state index in [1.165, 1.54) is 0 Å². The second-order valence-corrected chi connectivity index (χ2v) is 6.54. The summed E-state index contributed by atoms with van der Waals surface area (Å²) in [5, 5.41) is 11.7. The van der Waals surface area contributed by atoms with E-state index in [4.69, 9.17) is 8.83 Å². The van der Waals surface area contributed by atoms with E-state index in [0.29, 0.717) is 30.0 Å². The van der Waals surface area contributed by atoms with Crippen molar-refractivity contribution in [2.24, 2.45) is 11.8 Å². The highest BCUT2D eigenvalue weighted by atomic mass is 16.4. The first-order chi connectivity index (χ1) is 10.1. The molecule has 2 saturated heterocycles. The molecule has 0 radical (unpaired) electrons. The van der Waals surface area contributed by atoms with Crippen LogP contribution in [-0.4, -0.2) is 40.3 Å². The van der Waals surface area contributed by atoms with Gasteiger partial charge in [0.2, 0.25) is 5.89 Å². The van der Waals surface area contributed by atoms with E-state index in [2.05, 4.69) is 34.3 Å². The van der Waals surface area contributed by atoms with Crippen molar-refractivity contribution in [3.63, 3.8) is 0 Å². The van der Waals surface area contributed by atoms with E-state index in [0.717, 1.165) is 25.6 Å². The fourth-order valence-electron chi connectivity index (χ4n) is 3.75. The summed E-state index contributed by atoms with van der Waals surface area (Å²) in [4.78, 5) is 2.46. The lowest BCUT2D eigenvalue weighted by atomic mass is 9.85. The van der Waals surface area contributed by atoms with Crippen LogP contribution in [0.2, 0.25) is 0 Å². The van der Waals surface area contributed by atoms with Crippen molar-refractivity contribution in [2.75, 3.05) is 19.6 Å². The lowest BCUT2D eigenvalue weighted by Gasteiger charge is -2.34. The van der Waals surface area contributed by atoms with Crippen molar-refractivity contribution in [3.05, 3.63) is 24.3 Å². The molecule has 2 aromatic heterocycles. The summed E-state index contributed by atoms with van der Waals surface area (Å²) in [7, 11) is 0. The van der Waals surface area contributed by atoms with Crippen LogP contribution in [-0.2, 0) is 6.54 Å². The van der Waals surface area contributed by atoms with Crippen molar-refractivity contribution in [1.29, 1.82) is 0 Å². The molecule has 21 heavy (non-hydrogen) atoms. The first-order valence-electron chi connectivity index (χ1n) is 7.46. The highest BCUT2D eigenvalue weighted by Crippen LogP contribution is 2.41. The van der Waals surface area contributed by atoms with Crippen LogP contribution in [0.25, 0.3) is 11.7 Å². The topological polar surface area (TPSA) is 67.3 Å². The van der Waals surface area contributed by atoms with Gasteiger partial charge >= 0.3 is 0 Å². The number of aromatic nitrogens is 2. The molecule has 4 rings (SSSR count). The number of nitrogens with zero attached hydrogens (tertiary/aromatic N) is 3. The lowest BCUT2D eigenvalue weighted by Crippen LogP contribution is -2.43. The van der Waals surface area contributed by atoms with E-state index in [-0.39, 0.29) is 5.54 Å².